The normalized spacial score (nSPS) is 26.4. The van der Waals surface area contributed by atoms with Crippen molar-refractivity contribution in [1.82, 2.24) is 10.6 Å². The summed E-state index contributed by atoms with van der Waals surface area (Å²) < 4.78 is 18.1. The monoisotopic (exact) mass is 592 g/mol. The smallest absolute Gasteiger partial charge is 0.338 e. The number of rotatable bonds is 12. The van der Waals surface area contributed by atoms with Crippen LogP contribution in [0.15, 0.2) is 48.5 Å². The number of ether oxygens (including phenoxy) is 3. The van der Waals surface area contributed by atoms with Crippen LogP contribution < -0.4 is 10.6 Å². The quantitative estimate of drug-likeness (QED) is 0.150. The Morgan fingerprint density at radius 1 is 0.651 bits per heavy atom. The summed E-state index contributed by atoms with van der Waals surface area (Å²) >= 11 is 0. The van der Waals surface area contributed by atoms with E-state index in [1.807, 2.05) is 24.3 Å². The Morgan fingerprint density at radius 2 is 1.07 bits per heavy atom. The van der Waals surface area contributed by atoms with E-state index in [9.17, 15) is 4.79 Å². The Morgan fingerprint density at radius 3 is 1.51 bits per heavy atom. The molecule has 0 bridgehead atoms. The van der Waals surface area contributed by atoms with Crippen molar-refractivity contribution in [3.63, 3.8) is 0 Å². The van der Waals surface area contributed by atoms with Crippen molar-refractivity contribution >= 4 is 5.97 Å². The standard InChI is InChI=1S/C37H56N2O4/c1-23(2)33-17-31(18-34(38-33)24(3)4)42-22-41-21-27-9-11-28(12-10-27)29-13-15-30(16-14-29)37(40)43-32-19-35(25(5)6)39-36(20-32)26(7)8/h9-16,23-26,31-36,38-39H,17-22H2,1-8H3. The lowest BCUT2D eigenvalue weighted by Crippen LogP contribution is -2.52. The predicted octanol–water partition coefficient (Wildman–Crippen LogP) is 7.60. The topological polar surface area (TPSA) is 68.8 Å². The summed E-state index contributed by atoms with van der Waals surface area (Å²) in [6, 6.07) is 17.9. The summed E-state index contributed by atoms with van der Waals surface area (Å²) in [5, 5.41) is 7.56. The Bertz CT molecular complexity index is 1100. The van der Waals surface area contributed by atoms with E-state index in [1.54, 1.807) is 0 Å². The Labute approximate surface area is 260 Å². The molecule has 6 heteroatoms. The Kier molecular flexibility index (Phi) is 12.2. The van der Waals surface area contributed by atoms with Crippen molar-refractivity contribution in [2.24, 2.45) is 23.7 Å². The third-order valence-corrected chi connectivity index (χ3v) is 9.48. The van der Waals surface area contributed by atoms with Crippen LogP contribution in [-0.2, 0) is 20.8 Å². The summed E-state index contributed by atoms with van der Waals surface area (Å²) in [6.45, 7) is 18.8. The summed E-state index contributed by atoms with van der Waals surface area (Å²) in [5.74, 6) is 1.95. The van der Waals surface area contributed by atoms with Gasteiger partial charge in [-0.25, -0.2) is 4.79 Å². The van der Waals surface area contributed by atoms with Crippen LogP contribution in [-0.4, -0.2) is 49.1 Å². The van der Waals surface area contributed by atoms with Crippen LogP contribution in [0, 0.1) is 23.7 Å². The maximum absolute atomic E-state index is 13.0. The highest BCUT2D eigenvalue weighted by Gasteiger charge is 2.34. The van der Waals surface area contributed by atoms with Gasteiger partial charge >= 0.3 is 5.97 Å². The first-order chi connectivity index (χ1) is 20.5. The molecule has 2 aromatic rings. The third kappa shape index (κ3) is 9.62. The minimum atomic E-state index is -0.234. The molecule has 2 fully saturated rings. The minimum Gasteiger partial charge on any atom is -0.459 e. The van der Waals surface area contributed by atoms with Crippen LogP contribution in [0.4, 0.5) is 0 Å². The van der Waals surface area contributed by atoms with Gasteiger partial charge in [-0.1, -0.05) is 91.8 Å². The molecule has 0 aliphatic carbocycles. The fourth-order valence-corrected chi connectivity index (χ4v) is 6.35. The maximum Gasteiger partial charge on any atom is 0.338 e. The number of esters is 1. The molecule has 2 N–H and O–H groups in total. The summed E-state index contributed by atoms with van der Waals surface area (Å²) in [5.41, 5.74) is 3.88. The molecule has 2 aliphatic rings. The van der Waals surface area contributed by atoms with Gasteiger partial charge in [0.25, 0.3) is 0 Å². The molecule has 4 unspecified atom stereocenters. The lowest BCUT2D eigenvalue weighted by atomic mass is 9.85. The second-order valence-corrected chi connectivity index (χ2v) is 14.2. The SMILES string of the molecule is CC(C)C1CC(OCOCc2ccc(-c3ccc(C(=O)OC4CC(C(C)C)NC(C(C)C)C4)cc3)cc2)CC(C(C)C)N1. The van der Waals surface area contributed by atoms with E-state index in [0.717, 1.165) is 42.4 Å². The predicted molar refractivity (Wildman–Crippen MR) is 175 cm³/mol. The van der Waals surface area contributed by atoms with Crippen molar-refractivity contribution < 1.29 is 19.0 Å². The Balaban J connectivity index is 1.24. The second-order valence-electron chi connectivity index (χ2n) is 14.2. The number of hydrogen-bond donors (Lipinski definition) is 2. The molecule has 43 heavy (non-hydrogen) atoms. The molecule has 0 saturated carbocycles. The van der Waals surface area contributed by atoms with Gasteiger partial charge in [-0.2, -0.15) is 0 Å². The molecule has 0 amide bonds. The van der Waals surface area contributed by atoms with Gasteiger partial charge < -0.3 is 24.8 Å². The molecule has 2 aliphatic heterocycles. The van der Waals surface area contributed by atoms with Gasteiger partial charge in [-0.15, -0.1) is 0 Å². The molecule has 4 atom stereocenters. The molecule has 2 aromatic carbocycles. The van der Waals surface area contributed by atoms with Gasteiger partial charge in [0, 0.05) is 37.0 Å². The number of hydrogen-bond acceptors (Lipinski definition) is 6. The molecule has 0 aromatic heterocycles. The number of carbonyl (C=O) groups excluding carboxylic acids is 1. The molecule has 0 radical (unpaired) electrons. The molecular formula is C37H56N2O4. The van der Waals surface area contributed by atoms with Crippen molar-refractivity contribution in [1.29, 1.82) is 0 Å². The van der Waals surface area contributed by atoms with Gasteiger partial charge in [-0.05, 0) is 65.3 Å². The molecule has 6 nitrogen and oxygen atoms in total. The van der Waals surface area contributed by atoms with Crippen LogP contribution in [0.1, 0.15) is 97.0 Å². The van der Waals surface area contributed by atoms with Crippen molar-refractivity contribution in [2.45, 2.75) is 124 Å². The van der Waals surface area contributed by atoms with Gasteiger partial charge in [-0.3, -0.25) is 0 Å². The van der Waals surface area contributed by atoms with E-state index in [1.165, 1.54) is 0 Å². The molecular weight excluding hydrogens is 536 g/mol. The van der Waals surface area contributed by atoms with Gasteiger partial charge in [0.2, 0.25) is 0 Å². The highest BCUT2D eigenvalue weighted by atomic mass is 16.7. The largest absolute Gasteiger partial charge is 0.459 e. The first-order valence-electron chi connectivity index (χ1n) is 16.6. The lowest BCUT2D eigenvalue weighted by Gasteiger charge is -2.39. The molecule has 2 saturated heterocycles. The van der Waals surface area contributed by atoms with E-state index < -0.39 is 0 Å². The average molecular weight is 593 g/mol. The van der Waals surface area contributed by atoms with Crippen molar-refractivity contribution in [2.75, 3.05) is 6.79 Å². The number of nitrogens with one attached hydrogen (secondary N) is 2. The zero-order valence-electron chi connectivity index (χ0n) is 27.8. The highest BCUT2D eigenvalue weighted by molar-refractivity contribution is 5.90. The minimum absolute atomic E-state index is 0.0537. The average Bonchev–Trinajstić information content (AvgIpc) is 2.99. The zero-order valence-corrected chi connectivity index (χ0v) is 27.8. The first kappa shape index (κ1) is 33.6. The van der Waals surface area contributed by atoms with Gasteiger partial charge in [0.1, 0.15) is 12.9 Å². The van der Waals surface area contributed by atoms with Gasteiger partial charge in [0.15, 0.2) is 0 Å². The molecule has 4 rings (SSSR count). The van der Waals surface area contributed by atoms with E-state index >= 15 is 0 Å². The number of piperidine rings is 2. The third-order valence-electron chi connectivity index (χ3n) is 9.48. The molecule has 238 valence electrons. The summed E-state index contributed by atoms with van der Waals surface area (Å²) in [6.07, 6.45) is 3.97. The number of benzene rings is 2. The zero-order chi connectivity index (χ0) is 31.1. The highest BCUT2D eigenvalue weighted by Crippen LogP contribution is 2.28. The summed E-state index contributed by atoms with van der Waals surface area (Å²) in [7, 11) is 0. The second kappa shape index (κ2) is 15.7. The van der Waals surface area contributed by atoms with E-state index in [2.05, 4.69) is 90.3 Å². The van der Waals surface area contributed by atoms with E-state index in [-0.39, 0.29) is 18.2 Å². The van der Waals surface area contributed by atoms with E-state index in [0.29, 0.717) is 66.8 Å². The van der Waals surface area contributed by atoms with Crippen molar-refractivity contribution in [3.8, 4) is 11.1 Å². The van der Waals surface area contributed by atoms with E-state index in [4.69, 9.17) is 14.2 Å². The van der Waals surface area contributed by atoms with Crippen LogP contribution in [0.25, 0.3) is 11.1 Å². The number of carbonyl (C=O) groups is 1. The molecule has 0 spiro atoms. The van der Waals surface area contributed by atoms with Crippen LogP contribution in [0.2, 0.25) is 0 Å². The van der Waals surface area contributed by atoms with Gasteiger partial charge in [0.05, 0.1) is 18.3 Å². The maximum atomic E-state index is 13.0. The van der Waals surface area contributed by atoms with Crippen LogP contribution >= 0.6 is 0 Å². The first-order valence-corrected chi connectivity index (χ1v) is 16.6. The van der Waals surface area contributed by atoms with Crippen LogP contribution in [0.5, 0.6) is 0 Å². The summed E-state index contributed by atoms with van der Waals surface area (Å²) in [4.78, 5) is 13.0. The fourth-order valence-electron chi connectivity index (χ4n) is 6.35. The fraction of sp³-hybridized carbons (Fsp3) is 0.649. The van der Waals surface area contributed by atoms with Crippen LogP contribution in [0.3, 0.4) is 0 Å². The lowest BCUT2D eigenvalue weighted by molar-refractivity contribution is -0.113. The molecule has 2 heterocycles. The van der Waals surface area contributed by atoms with Crippen molar-refractivity contribution in [3.05, 3.63) is 59.7 Å². The Hall–Kier alpha value is -2.25.